The molecule has 0 aliphatic heterocycles. The predicted molar refractivity (Wildman–Crippen MR) is 88.8 cm³/mol. The standard InChI is InChI=1S/C19H18O5/c1-3-17(20)24-18(4-2)23-16-13-9-8-12-15(16)19(21)22-14-10-6-5-7-11-14/h3,5-13,18H,1,4H2,2H3. The second kappa shape index (κ2) is 8.53. The molecule has 0 N–H and O–H groups in total. The third kappa shape index (κ3) is 4.71. The number of hydrogen-bond acceptors (Lipinski definition) is 5. The van der Waals surface area contributed by atoms with Crippen LogP contribution in [0.2, 0.25) is 0 Å². The van der Waals surface area contributed by atoms with Gasteiger partial charge in [0.05, 0.1) is 0 Å². The molecule has 0 aliphatic rings. The monoisotopic (exact) mass is 326 g/mol. The summed E-state index contributed by atoms with van der Waals surface area (Å²) in [6.07, 6.45) is 0.657. The molecule has 0 heterocycles. The van der Waals surface area contributed by atoms with Gasteiger partial charge in [0.25, 0.3) is 0 Å². The summed E-state index contributed by atoms with van der Waals surface area (Å²) in [6, 6.07) is 15.4. The van der Waals surface area contributed by atoms with Crippen molar-refractivity contribution in [2.45, 2.75) is 19.6 Å². The molecule has 0 spiro atoms. The van der Waals surface area contributed by atoms with Gasteiger partial charge in [-0.1, -0.05) is 43.8 Å². The van der Waals surface area contributed by atoms with Gasteiger partial charge in [-0.25, -0.2) is 9.59 Å². The second-order valence-electron chi connectivity index (χ2n) is 4.80. The molecule has 1 unspecified atom stereocenters. The molecule has 24 heavy (non-hydrogen) atoms. The van der Waals surface area contributed by atoms with Crippen molar-refractivity contribution in [3.8, 4) is 11.5 Å². The Hall–Kier alpha value is -3.08. The van der Waals surface area contributed by atoms with E-state index < -0.39 is 18.2 Å². The molecule has 2 rings (SSSR count). The molecule has 0 aromatic heterocycles. The number of para-hydroxylation sites is 2. The third-order valence-corrected chi connectivity index (χ3v) is 3.07. The molecule has 1 atom stereocenters. The number of carbonyl (C=O) groups is 2. The average Bonchev–Trinajstić information content (AvgIpc) is 2.62. The quantitative estimate of drug-likeness (QED) is 0.336. The van der Waals surface area contributed by atoms with E-state index in [1.807, 2.05) is 6.07 Å². The number of rotatable bonds is 7. The summed E-state index contributed by atoms with van der Waals surface area (Å²) in [5, 5.41) is 0. The summed E-state index contributed by atoms with van der Waals surface area (Å²) in [5.74, 6) is -0.433. The minimum Gasteiger partial charge on any atom is -0.454 e. The molecule has 0 saturated heterocycles. The van der Waals surface area contributed by atoms with Crippen molar-refractivity contribution >= 4 is 11.9 Å². The third-order valence-electron chi connectivity index (χ3n) is 3.07. The zero-order valence-corrected chi connectivity index (χ0v) is 13.3. The average molecular weight is 326 g/mol. The Kier molecular flexibility index (Phi) is 6.14. The van der Waals surface area contributed by atoms with Crippen molar-refractivity contribution in [3.05, 3.63) is 72.8 Å². The lowest BCUT2D eigenvalue weighted by atomic mass is 10.2. The van der Waals surface area contributed by atoms with E-state index in [0.29, 0.717) is 12.2 Å². The molecule has 0 radical (unpaired) electrons. The first-order chi connectivity index (χ1) is 11.6. The van der Waals surface area contributed by atoms with Crippen LogP contribution < -0.4 is 9.47 Å². The molecule has 0 amide bonds. The van der Waals surface area contributed by atoms with E-state index >= 15 is 0 Å². The van der Waals surface area contributed by atoms with Gasteiger partial charge >= 0.3 is 11.9 Å². The number of esters is 2. The van der Waals surface area contributed by atoms with Crippen LogP contribution in [0.3, 0.4) is 0 Å². The zero-order valence-electron chi connectivity index (χ0n) is 13.3. The summed E-state index contributed by atoms with van der Waals surface area (Å²) < 4.78 is 16.0. The lowest BCUT2D eigenvalue weighted by Gasteiger charge is -2.18. The van der Waals surface area contributed by atoms with Crippen LogP contribution in [0.1, 0.15) is 23.7 Å². The molecule has 2 aromatic carbocycles. The maximum Gasteiger partial charge on any atom is 0.347 e. The summed E-state index contributed by atoms with van der Waals surface area (Å²) in [7, 11) is 0. The van der Waals surface area contributed by atoms with E-state index in [1.165, 1.54) is 0 Å². The van der Waals surface area contributed by atoms with E-state index in [4.69, 9.17) is 14.2 Å². The molecule has 0 saturated carbocycles. The topological polar surface area (TPSA) is 61.8 Å². The van der Waals surface area contributed by atoms with Gasteiger partial charge in [-0.3, -0.25) is 0 Å². The van der Waals surface area contributed by atoms with Crippen molar-refractivity contribution in [3.63, 3.8) is 0 Å². The fraction of sp³-hybridized carbons (Fsp3) is 0.158. The summed E-state index contributed by atoms with van der Waals surface area (Å²) in [6.45, 7) is 5.14. The Labute approximate surface area is 140 Å². The smallest absolute Gasteiger partial charge is 0.347 e. The highest BCUT2D eigenvalue weighted by Crippen LogP contribution is 2.22. The maximum absolute atomic E-state index is 12.4. The minimum absolute atomic E-state index is 0.245. The largest absolute Gasteiger partial charge is 0.454 e. The number of benzene rings is 2. The minimum atomic E-state index is -0.818. The van der Waals surface area contributed by atoms with Gasteiger partial charge in [0.1, 0.15) is 17.1 Å². The fourth-order valence-electron chi connectivity index (χ4n) is 1.90. The molecule has 0 aliphatic carbocycles. The number of carbonyl (C=O) groups excluding carboxylic acids is 2. The molecule has 0 fully saturated rings. The van der Waals surface area contributed by atoms with E-state index in [0.717, 1.165) is 6.08 Å². The van der Waals surface area contributed by atoms with Gasteiger partial charge in [0, 0.05) is 12.5 Å². The number of hydrogen-bond donors (Lipinski definition) is 0. The Morgan fingerprint density at radius 3 is 2.42 bits per heavy atom. The van der Waals surface area contributed by atoms with Gasteiger partial charge < -0.3 is 14.2 Å². The first-order valence-electron chi connectivity index (χ1n) is 7.50. The Morgan fingerprint density at radius 2 is 1.75 bits per heavy atom. The van der Waals surface area contributed by atoms with Crippen LogP contribution in [0.25, 0.3) is 0 Å². The second-order valence-corrected chi connectivity index (χ2v) is 4.80. The van der Waals surface area contributed by atoms with Gasteiger partial charge in [-0.05, 0) is 24.3 Å². The summed E-state index contributed by atoms with van der Waals surface area (Å²) in [5.41, 5.74) is 0.245. The van der Waals surface area contributed by atoms with E-state index in [1.54, 1.807) is 55.5 Å². The van der Waals surface area contributed by atoms with Gasteiger partial charge in [-0.15, -0.1) is 0 Å². The van der Waals surface area contributed by atoms with Crippen LogP contribution in [0, 0.1) is 0 Å². The molecule has 0 bridgehead atoms. The van der Waals surface area contributed by atoms with Crippen LogP contribution >= 0.6 is 0 Å². The van der Waals surface area contributed by atoms with Crippen molar-refractivity contribution in [1.82, 2.24) is 0 Å². The van der Waals surface area contributed by atoms with Crippen LogP contribution in [0.15, 0.2) is 67.3 Å². The van der Waals surface area contributed by atoms with E-state index in [-0.39, 0.29) is 11.3 Å². The molecule has 5 nitrogen and oxygen atoms in total. The zero-order chi connectivity index (χ0) is 17.4. The normalized spacial score (nSPS) is 11.2. The fourth-order valence-corrected chi connectivity index (χ4v) is 1.90. The maximum atomic E-state index is 12.4. The molecular weight excluding hydrogens is 308 g/mol. The molecule has 124 valence electrons. The predicted octanol–water partition coefficient (Wildman–Crippen LogP) is 3.75. The van der Waals surface area contributed by atoms with Gasteiger partial charge in [-0.2, -0.15) is 0 Å². The highest BCUT2D eigenvalue weighted by Gasteiger charge is 2.19. The van der Waals surface area contributed by atoms with Gasteiger partial charge in [0.2, 0.25) is 6.29 Å². The Balaban J connectivity index is 2.15. The molecule has 2 aromatic rings. The van der Waals surface area contributed by atoms with Crippen LogP contribution in [0.4, 0.5) is 0 Å². The lowest BCUT2D eigenvalue weighted by Crippen LogP contribution is -2.23. The molecule has 5 heteroatoms. The Morgan fingerprint density at radius 1 is 1.08 bits per heavy atom. The van der Waals surface area contributed by atoms with E-state index in [9.17, 15) is 9.59 Å². The first kappa shape index (κ1) is 17.3. The lowest BCUT2D eigenvalue weighted by molar-refractivity contribution is -0.157. The van der Waals surface area contributed by atoms with Crippen LogP contribution in [-0.2, 0) is 9.53 Å². The van der Waals surface area contributed by atoms with Crippen molar-refractivity contribution in [2.75, 3.05) is 0 Å². The SMILES string of the molecule is C=CC(=O)OC(CC)Oc1ccccc1C(=O)Oc1ccccc1. The summed E-state index contributed by atoms with van der Waals surface area (Å²) in [4.78, 5) is 23.7. The summed E-state index contributed by atoms with van der Waals surface area (Å²) >= 11 is 0. The van der Waals surface area contributed by atoms with Crippen molar-refractivity contribution < 1.29 is 23.8 Å². The van der Waals surface area contributed by atoms with Crippen LogP contribution in [0.5, 0.6) is 11.5 Å². The van der Waals surface area contributed by atoms with Crippen molar-refractivity contribution in [1.29, 1.82) is 0 Å². The van der Waals surface area contributed by atoms with Gasteiger partial charge in [0.15, 0.2) is 0 Å². The van der Waals surface area contributed by atoms with Crippen LogP contribution in [-0.4, -0.2) is 18.2 Å². The Bertz CT molecular complexity index is 709. The van der Waals surface area contributed by atoms with E-state index in [2.05, 4.69) is 6.58 Å². The van der Waals surface area contributed by atoms with Crippen molar-refractivity contribution in [2.24, 2.45) is 0 Å². The number of ether oxygens (including phenoxy) is 3. The highest BCUT2D eigenvalue weighted by molar-refractivity contribution is 5.94. The highest BCUT2D eigenvalue weighted by atomic mass is 16.7. The first-order valence-corrected chi connectivity index (χ1v) is 7.50. The molecular formula is C19H18O5.